The van der Waals surface area contributed by atoms with Gasteiger partial charge in [-0.2, -0.15) is 4.98 Å². The van der Waals surface area contributed by atoms with E-state index in [1.165, 1.54) is 19.3 Å². The van der Waals surface area contributed by atoms with Crippen molar-refractivity contribution >= 4 is 17.6 Å². The van der Waals surface area contributed by atoms with Crippen LogP contribution in [0.2, 0.25) is 5.02 Å². The highest BCUT2D eigenvalue weighted by Crippen LogP contribution is 2.57. The van der Waals surface area contributed by atoms with Gasteiger partial charge in [0.15, 0.2) is 5.96 Å². The van der Waals surface area contributed by atoms with Crippen molar-refractivity contribution < 1.29 is 9.26 Å². The molecule has 1 aromatic heterocycles. The summed E-state index contributed by atoms with van der Waals surface area (Å²) >= 11 is 5.92. The van der Waals surface area contributed by atoms with Crippen LogP contribution >= 0.6 is 11.6 Å². The molecule has 2 aliphatic carbocycles. The summed E-state index contributed by atoms with van der Waals surface area (Å²) in [6.07, 6.45) is 5.83. The van der Waals surface area contributed by atoms with Crippen molar-refractivity contribution in [1.29, 1.82) is 0 Å². The highest BCUT2D eigenvalue weighted by molar-refractivity contribution is 6.30. The van der Waals surface area contributed by atoms with Crippen LogP contribution in [0, 0.1) is 5.41 Å². The molecule has 2 atom stereocenters. The number of ether oxygens (including phenoxy) is 1. The molecule has 4 rings (SSSR count). The molecule has 2 unspecified atom stereocenters. The molecule has 1 aromatic carbocycles. The van der Waals surface area contributed by atoms with Crippen molar-refractivity contribution in [2.75, 3.05) is 20.2 Å². The lowest BCUT2D eigenvalue weighted by molar-refractivity contribution is -0.168. The summed E-state index contributed by atoms with van der Waals surface area (Å²) in [5, 5.41) is 11.7. The third kappa shape index (κ3) is 4.12. The summed E-state index contributed by atoms with van der Waals surface area (Å²) in [4.78, 5) is 8.83. The van der Waals surface area contributed by atoms with Gasteiger partial charge in [0.05, 0.1) is 6.10 Å². The van der Waals surface area contributed by atoms with E-state index in [0.717, 1.165) is 24.6 Å². The number of hydrogen-bond acceptors (Lipinski definition) is 5. The predicted molar refractivity (Wildman–Crippen MR) is 113 cm³/mol. The fourth-order valence-corrected chi connectivity index (χ4v) is 4.49. The zero-order chi connectivity index (χ0) is 20.3. The van der Waals surface area contributed by atoms with Crippen LogP contribution in [0.5, 0.6) is 0 Å². The van der Waals surface area contributed by atoms with Crippen molar-refractivity contribution in [1.82, 2.24) is 20.8 Å². The molecule has 2 aliphatic rings. The van der Waals surface area contributed by atoms with E-state index >= 15 is 0 Å². The van der Waals surface area contributed by atoms with Gasteiger partial charge >= 0.3 is 0 Å². The topological polar surface area (TPSA) is 84.6 Å². The first-order chi connectivity index (χ1) is 14.1. The number of benzene rings is 1. The molecule has 7 nitrogen and oxygen atoms in total. The molecule has 0 saturated heterocycles. The zero-order valence-corrected chi connectivity index (χ0v) is 17.7. The minimum Gasteiger partial charge on any atom is -0.378 e. The van der Waals surface area contributed by atoms with Crippen molar-refractivity contribution in [2.45, 2.75) is 51.2 Å². The van der Waals surface area contributed by atoms with E-state index in [0.29, 0.717) is 47.3 Å². The maximum absolute atomic E-state index is 5.93. The Bertz CT molecular complexity index is 847. The van der Waals surface area contributed by atoms with Crippen LogP contribution < -0.4 is 10.6 Å². The minimum absolute atomic E-state index is 0.299. The standard InChI is InChI=1S/C21H28ClN5O2/c1-3-28-17-13-16(21(17)10-4-11-21)25-20(23-2)24-12-9-18-26-19(27-29-18)14-5-7-15(22)8-6-14/h5-8,16-17H,3-4,9-13H2,1-2H3,(H2,23,24,25). The fourth-order valence-electron chi connectivity index (χ4n) is 4.36. The molecule has 0 amide bonds. The Hall–Kier alpha value is -2.12. The first kappa shape index (κ1) is 20.2. The highest BCUT2D eigenvalue weighted by Gasteiger charge is 2.59. The Balaban J connectivity index is 1.26. The van der Waals surface area contributed by atoms with Gasteiger partial charge in [0.25, 0.3) is 0 Å². The fraction of sp³-hybridized carbons (Fsp3) is 0.571. The number of hydrogen-bond donors (Lipinski definition) is 2. The smallest absolute Gasteiger partial charge is 0.228 e. The van der Waals surface area contributed by atoms with E-state index in [1.54, 1.807) is 7.05 Å². The molecule has 2 saturated carbocycles. The predicted octanol–water partition coefficient (Wildman–Crippen LogP) is 3.45. The highest BCUT2D eigenvalue weighted by atomic mass is 35.5. The maximum atomic E-state index is 5.93. The van der Waals surface area contributed by atoms with E-state index in [2.05, 4.69) is 32.7 Å². The number of guanidine groups is 1. The molecule has 8 heteroatoms. The van der Waals surface area contributed by atoms with Crippen molar-refractivity contribution in [2.24, 2.45) is 10.4 Å². The number of aromatic nitrogens is 2. The van der Waals surface area contributed by atoms with Crippen LogP contribution in [-0.4, -0.2) is 48.4 Å². The lowest BCUT2D eigenvalue weighted by Crippen LogP contribution is -2.68. The molecule has 0 aliphatic heterocycles. The second-order valence-corrected chi connectivity index (χ2v) is 8.17. The quantitative estimate of drug-likeness (QED) is 0.530. The van der Waals surface area contributed by atoms with Crippen LogP contribution in [0.1, 0.15) is 38.5 Å². The molecule has 1 heterocycles. The Morgan fingerprint density at radius 3 is 2.79 bits per heavy atom. The van der Waals surface area contributed by atoms with Gasteiger partial charge in [0.1, 0.15) is 0 Å². The number of nitrogens with zero attached hydrogens (tertiary/aromatic N) is 3. The summed E-state index contributed by atoms with van der Waals surface area (Å²) in [7, 11) is 1.80. The van der Waals surface area contributed by atoms with Gasteiger partial charge in [-0.05, 0) is 50.5 Å². The summed E-state index contributed by atoms with van der Waals surface area (Å²) in [6, 6.07) is 7.82. The summed E-state index contributed by atoms with van der Waals surface area (Å²) in [6.45, 7) is 3.52. The first-order valence-corrected chi connectivity index (χ1v) is 10.7. The third-order valence-corrected chi connectivity index (χ3v) is 6.43. The second-order valence-electron chi connectivity index (χ2n) is 7.73. The molecule has 2 aromatic rings. The number of rotatable bonds is 7. The van der Waals surface area contributed by atoms with Crippen molar-refractivity contribution in [3.05, 3.63) is 35.2 Å². The average Bonchev–Trinajstić information content (AvgIpc) is 3.14. The largest absolute Gasteiger partial charge is 0.378 e. The summed E-state index contributed by atoms with van der Waals surface area (Å²) in [5.74, 6) is 1.98. The van der Waals surface area contributed by atoms with Crippen LogP contribution in [0.25, 0.3) is 11.4 Å². The Morgan fingerprint density at radius 1 is 1.34 bits per heavy atom. The number of halogens is 1. The van der Waals surface area contributed by atoms with E-state index in [1.807, 2.05) is 24.3 Å². The summed E-state index contributed by atoms with van der Waals surface area (Å²) in [5.41, 5.74) is 1.18. The van der Waals surface area contributed by atoms with E-state index in [4.69, 9.17) is 20.9 Å². The van der Waals surface area contributed by atoms with Crippen LogP contribution in [0.3, 0.4) is 0 Å². The second kappa shape index (κ2) is 8.71. The van der Waals surface area contributed by atoms with Gasteiger partial charge in [-0.1, -0.05) is 23.2 Å². The first-order valence-electron chi connectivity index (χ1n) is 10.3. The Kier molecular flexibility index (Phi) is 6.06. The van der Waals surface area contributed by atoms with Crippen LogP contribution in [0.4, 0.5) is 0 Å². The molecular weight excluding hydrogens is 390 g/mol. The zero-order valence-electron chi connectivity index (χ0n) is 16.9. The van der Waals surface area contributed by atoms with Crippen molar-refractivity contribution in [3.8, 4) is 11.4 Å². The van der Waals surface area contributed by atoms with Gasteiger partial charge in [-0.15, -0.1) is 0 Å². The van der Waals surface area contributed by atoms with E-state index in [9.17, 15) is 0 Å². The SMILES string of the molecule is CCOC1CC(NC(=NC)NCCc2nc(-c3ccc(Cl)cc3)no2)C12CCC2. The van der Waals surface area contributed by atoms with Crippen LogP contribution in [0.15, 0.2) is 33.8 Å². The number of aliphatic imine (C=N–C) groups is 1. The van der Waals surface area contributed by atoms with Gasteiger partial charge in [-0.3, -0.25) is 4.99 Å². The van der Waals surface area contributed by atoms with E-state index in [-0.39, 0.29) is 0 Å². The van der Waals surface area contributed by atoms with Gasteiger partial charge < -0.3 is 19.9 Å². The van der Waals surface area contributed by atoms with Gasteiger partial charge in [0, 0.05) is 48.7 Å². The molecule has 0 bridgehead atoms. The van der Waals surface area contributed by atoms with E-state index < -0.39 is 0 Å². The van der Waals surface area contributed by atoms with Crippen molar-refractivity contribution in [3.63, 3.8) is 0 Å². The Morgan fingerprint density at radius 2 is 2.14 bits per heavy atom. The molecule has 29 heavy (non-hydrogen) atoms. The van der Waals surface area contributed by atoms with Crippen LogP contribution in [-0.2, 0) is 11.2 Å². The molecule has 156 valence electrons. The normalized spacial score (nSPS) is 22.8. The molecule has 2 fully saturated rings. The third-order valence-electron chi connectivity index (χ3n) is 6.17. The monoisotopic (exact) mass is 417 g/mol. The minimum atomic E-state index is 0.299. The summed E-state index contributed by atoms with van der Waals surface area (Å²) < 4.78 is 11.3. The van der Waals surface area contributed by atoms with Gasteiger partial charge in [-0.25, -0.2) is 0 Å². The Labute approximate surface area is 176 Å². The molecule has 2 N–H and O–H groups in total. The lowest BCUT2D eigenvalue weighted by Gasteiger charge is -2.61. The molecule has 1 spiro atoms. The molecular formula is C21H28ClN5O2. The maximum Gasteiger partial charge on any atom is 0.228 e. The number of nitrogens with one attached hydrogen (secondary N) is 2. The average molecular weight is 418 g/mol. The lowest BCUT2D eigenvalue weighted by atomic mass is 9.51. The molecule has 0 radical (unpaired) electrons. The van der Waals surface area contributed by atoms with Gasteiger partial charge in [0.2, 0.25) is 11.7 Å².